The second-order valence-corrected chi connectivity index (χ2v) is 8.58. The SMILES string of the molecule is CC(Nc1c(C2C=CC=CC2)nc2cnccn12)C(=O)N1CCN(c2ccc(F)cc2F)CC1. The van der Waals surface area contributed by atoms with Gasteiger partial charge in [-0.15, -0.1) is 0 Å². The number of allylic oxidation sites excluding steroid dienone is 4. The zero-order valence-corrected chi connectivity index (χ0v) is 18.9. The van der Waals surface area contributed by atoms with Crippen molar-refractivity contribution in [2.24, 2.45) is 0 Å². The molecule has 2 unspecified atom stereocenters. The smallest absolute Gasteiger partial charge is 0.244 e. The number of nitrogens with zero attached hydrogens (tertiary/aromatic N) is 5. The highest BCUT2D eigenvalue weighted by atomic mass is 19.1. The monoisotopic (exact) mass is 464 g/mol. The Morgan fingerprint density at radius 3 is 2.74 bits per heavy atom. The number of piperazine rings is 1. The van der Waals surface area contributed by atoms with Crippen LogP contribution in [0.25, 0.3) is 5.65 Å². The molecular weight excluding hydrogens is 438 g/mol. The van der Waals surface area contributed by atoms with E-state index >= 15 is 0 Å². The highest BCUT2D eigenvalue weighted by Gasteiger charge is 2.28. The molecule has 176 valence electrons. The molecule has 0 spiro atoms. The molecule has 1 fully saturated rings. The number of hydrogen-bond acceptors (Lipinski definition) is 5. The Kier molecular flexibility index (Phi) is 6.00. The van der Waals surface area contributed by atoms with E-state index < -0.39 is 17.7 Å². The highest BCUT2D eigenvalue weighted by molar-refractivity contribution is 5.84. The van der Waals surface area contributed by atoms with E-state index in [-0.39, 0.29) is 11.8 Å². The minimum Gasteiger partial charge on any atom is -0.366 e. The molecule has 1 saturated heterocycles. The van der Waals surface area contributed by atoms with E-state index in [9.17, 15) is 13.6 Å². The maximum Gasteiger partial charge on any atom is 0.244 e. The summed E-state index contributed by atoms with van der Waals surface area (Å²) >= 11 is 0. The number of imidazole rings is 1. The van der Waals surface area contributed by atoms with E-state index in [2.05, 4.69) is 22.5 Å². The molecule has 3 heterocycles. The molecule has 1 aliphatic heterocycles. The molecule has 5 rings (SSSR count). The summed E-state index contributed by atoms with van der Waals surface area (Å²) in [5.41, 5.74) is 1.96. The fourth-order valence-electron chi connectivity index (χ4n) is 4.56. The number of hydrogen-bond donors (Lipinski definition) is 1. The van der Waals surface area contributed by atoms with E-state index in [0.717, 1.165) is 29.6 Å². The number of rotatable bonds is 5. The van der Waals surface area contributed by atoms with Crippen molar-refractivity contribution in [3.63, 3.8) is 0 Å². The second kappa shape index (κ2) is 9.24. The molecular formula is C25H26F2N6O. The van der Waals surface area contributed by atoms with Crippen molar-refractivity contribution in [3.05, 3.63) is 78.4 Å². The summed E-state index contributed by atoms with van der Waals surface area (Å²) in [7, 11) is 0. The van der Waals surface area contributed by atoms with Gasteiger partial charge in [-0.2, -0.15) is 0 Å². The second-order valence-electron chi connectivity index (χ2n) is 8.58. The number of carbonyl (C=O) groups excluding carboxylic acids is 1. The predicted octanol–water partition coefficient (Wildman–Crippen LogP) is 3.76. The molecule has 2 aliphatic rings. The third kappa shape index (κ3) is 4.25. The molecule has 0 bridgehead atoms. The molecule has 9 heteroatoms. The minimum absolute atomic E-state index is 0.0340. The number of nitrogens with one attached hydrogen (secondary N) is 1. The number of carbonyl (C=O) groups is 1. The molecule has 2 aromatic heterocycles. The van der Waals surface area contributed by atoms with Gasteiger partial charge in [-0.25, -0.2) is 13.8 Å². The van der Waals surface area contributed by atoms with Crippen molar-refractivity contribution in [2.45, 2.75) is 25.3 Å². The molecule has 0 radical (unpaired) electrons. The number of amides is 1. The topological polar surface area (TPSA) is 65.8 Å². The zero-order valence-electron chi connectivity index (χ0n) is 18.9. The zero-order chi connectivity index (χ0) is 23.7. The van der Waals surface area contributed by atoms with Gasteiger partial charge in [0.2, 0.25) is 5.91 Å². The molecule has 7 nitrogen and oxygen atoms in total. The molecule has 34 heavy (non-hydrogen) atoms. The van der Waals surface area contributed by atoms with Gasteiger partial charge in [0.15, 0.2) is 5.65 Å². The third-order valence-electron chi connectivity index (χ3n) is 6.35. The first-order valence-electron chi connectivity index (χ1n) is 11.4. The largest absolute Gasteiger partial charge is 0.366 e. The van der Waals surface area contributed by atoms with Crippen LogP contribution < -0.4 is 10.2 Å². The Morgan fingerprint density at radius 2 is 2.00 bits per heavy atom. The molecule has 0 saturated carbocycles. The third-order valence-corrected chi connectivity index (χ3v) is 6.35. The Balaban J connectivity index is 1.29. The lowest BCUT2D eigenvalue weighted by Gasteiger charge is -2.37. The first kappa shape index (κ1) is 22.1. The van der Waals surface area contributed by atoms with Crippen LogP contribution >= 0.6 is 0 Å². The van der Waals surface area contributed by atoms with Crippen LogP contribution in [0.15, 0.2) is 61.1 Å². The summed E-state index contributed by atoms with van der Waals surface area (Å²) < 4.78 is 29.3. The fraction of sp³-hybridized carbons (Fsp3) is 0.320. The first-order chi connectivity index (χ1) is 16.5. The van der Waals surface area contributed by atoms with E-state index in [1.54, 1.807) is 17.3 Å². The van der Waals surface area contributed by atoms with Gasteiger partial charge >= 0.3 is 0 Å². The minimum atomic E-state index is -0.600. The number of benzene rings is 1. The highest BCUT2D eigenvalue weighted by Crippen LogP contribution is 2.31. The molecule has 2 atom stereocenters. The fourth-order valence-corrected chi connectivity index (χ4v) is 4.56. The molecule has 1 amide bonds. The lowest BCUT2D eigenvalue weighted by Crippen LogP contribution is -2.52. The van der Waals surface area contributed by atoms with Gasteiger partial charge in [0, 0.05) is 50.6 Å². The van der Waals surface area contributed by atoms with Crippen molar-refractivity contribution in [3.8, 4) is 0 Å². The van der Waals surface area contributed by atoms with E-state index in [0.29, 0.717) is 31.9 Å². The van der Waals surface area contributed by atoms with Crippen LogP contribution in [0.2, 0.25) is 0 Å². The number of fused-ring (bicyclic) bond motifs is 1. The van der Waals surface area contributed by atoms with Crippen LogP contribution in [0.1, 0.15) is 25.0 Å². The first-order valence-corrected chi connectivity index (χ1v) is 11.4. The Bertz CT molecular complexity index is 1260. The van der Waals surface area contributed by atoms with Crippen LogP contribution in [0.3, 0.4) is 0 Å². The maximum absolute atomic E-state index is 14.2. The summed E-state index contributed by atoms with van der Waals surface area (Å²) in [4.78, 5) is 25.8. The average molecular weight is 465 g/mol. The van der Waals surface area contributed by atoms with Crippen LogP contribution in [0.4, 0.5) is 20.3 Å². The number of anilines is 2. The lowest BCUT2D eigenvalue weighted by atomic mass is 9.97. The molecule has 1 aromatic carbocycles. The van der Waals surface area contributed by atoms with Gasteiger partial charge in [0.05, 0.1) is 17.6 Å². The molecule has 1 aliphatic carbocycles. The number of aromatic nitrogens is 3. The molecule has 3 aromatic rings. The Morgan fingerprint density at radius 1 is 1.18 bits per heavy atom. The predicted molar refractivity (Wildman–Crippen MR) is 127 cm³/mol. The Labute approximate surface area is 196 Å². The van der Waals surface area contributed by atoms with Gasteiger partial charge in [-0.3, -0.25) is 14.2 Å². The van der Waals surface area contributed by atoms with Gasteiger partial charge in [0.1, 0.15) is 23.5 Å². The Hall–Kier alpha value is -3.75. The van der Waals surface area contributed by atoms with Gasteiger partial charge in [-0.1, -0.05) is 24.3 Å². The maximum atomic E-state index is 14.2. The van der Waals surface area contributed by atoms with Crippen LogP contribution in [0.5, 0.6) is 0 Å². The molecule has 1 N–H and O–H groups in total. The van der Waals surface area contributed by atoms with Gasteiger partial charge in [0.25, 0.3) is 0 Å². The van der Waals surface area contributed by atoms with Crippen molar-refractivity contribution < 1.29 is 13.6 Å². The van der Waals surface area contributed by atoms with Gasteiger partial charge < -0.3 is 15.1 Å². The quantitative estimate of drug-likeness (QED) is 0.623. The lowest BCUT2D eigenvalue weighted by molar-refractivity contribution is -0.131. The van der Waals surface area contributed by atoms with E-state index in [1.807, 2.05) is 34.6 Å². The summed E-state index contributed by atoms with van der Waals surface area (Å²) in [6.45, 7) is 3.72. The number of halogens is 2. The van der Waals surface area contributed by atoms with Crippen LogP contribution in [-0.4, -0.2) is 57.4 Å². The van der Waals surface area contributed by atoms with Crippen LogP contribution in [-0.2, 0) is 4.79 Å². The van der Waals surface area contributed by atoms with Gasteiger partial charge in [-0.05, 0) is 25.5 Å². The summed E-state index contributed by atoms with van der Waals surface area (Å²) in [6, 6.07) is 3.10. The van der Waals surface area contributed by atoms with Crippen LogP contribution in [0, 0.1) is 11.6 Å². The summed E-state index contributed by atoms with van der Waals surface area (Å²) in [6.07, 6.45) is 14.3. The summed E-state index contributed by atoms with van der Waals surface area (Å²) in [5, 5.41) is 3.39. The van der Waals surface area contributed by atoms with Crippen molar-refractivity contribution >= 4 is 23.1 Å². The normalized spacial score (nSPS) is 19.0. The summed E-state index contributed by atoms with van der Waals surface area (Å²) in [5.74, 6) is -0.319. The van der Waals surface area contributed by atoms with Crippen molar-refractivity contribution in [1.29, 1.82) is 0 Å². The van der Waals surface area contributed by atoms with Crippen molar-refractivity contribution in [1.82, 2.24) is 19.3 Å². The average Bonchev–Trinajstić information content (AvgIpc) is 3.22. The van der Waals surface area contributed by atoms with E-state index in [1.165, 1.54) is 12.1 Å². The van der Waals surface area contributed by atoms with E-state index in [4.69, 9.17) is 4.98 Å². The van der Waals surface area contributed by atoms with Crippen molar-refractivity contribution in [2.75, 3.05) is 36.4 Å². The standard InChI is InChI=1S/C25H26F2N6O/c1-17(25(34)32-13-11-31(12-14-32)21-8-7-19(26)15-20(21)27)29-24-23(18-5-3-2-4-6-18)30-22-16-28-9-10-33(22)24/h2-5,7-10,15-18,29H,6,11-14H2,1H3.